The lowest BCUT2D eigenvalue weighted by Crippen LogP contribution is -2.18. The van der Waals surface area contributed by atoms with Crippen LogP contribution in [0.4, 0.5) is 0 Å². The second-order valence-corrected chi connectivity index (χ2v) is 5.65. The number of nitrogens with zero attached hydrogens (tertiary/aromatic N) is 2. The van der Waals surface area contributed by atoms with Crippen molar-refractivity contribution in [3.8, 4) is 0 Å². The molecule has 0 radical (unpaired) electrons. The molecular weight excluding hydrogens is 341 g/mol. The van der Waals surface area contributed by atoms with Gasteiger partial charge in [0, 0.05) is 5.56 Å². The average molecular weight is 350 g/mol. The number of para-hydroxylation sites is 1. The third-order valence-electron chi connectivity index (χ3n) is 3.08. The van der Waals surface area contributed by atoms with Crippen LogP contribution in [-0.2, 0) is 0 Å². The minimum Gasteiger partial charge on any atom is -0.330 e. The van der Waals surface area contributed by atoms with Crippen LogP contribution in [0.15, 0.2) is 52.4 Å². The van der Waals surface area contributed by atoms with Crippen LogP contribution in [0.25, 0.3) is 10.9 Å². The number of hydrogen-bond donors (Lipinski definition) is 1. The number of hydrogen-bond acceptors (Lipinski definition) is 3. The van der Waals surface area contributed by atoms with Gasteiger partial charge in [0.2, 0.25) is 4.77 Å². The maximum Gasteiger partial charge on any atom is 0.282 e. The largest absolute Gasteiger partial charge is 0.330 e. The molecule has 3 rings (SSSR count). The summed E-state index contributed by atoms with van der Waals surface area (Å²) in [4.78, 5) is 15.4. The molecule has 22 heavy (non-hydrogen) atoms. The van der Waals surface area contributed by atoms with Crippen molar-refractivity contribution in [2.75, 3.05) is 0 Å². The summed E-state index contributed by atoms with van der Waals surface area (Å²) in [6.45, 7) is 0. The number of benzene rings is 2. The Bertz CT molecular complexity index is 1010. The highest BCUT2D eigenvalue weighted by Gasteiger charge is 2.05. The molecule has 0 atom stereocenters. The molecule has 3 aromatic rings. The Hall–Kier alpha value is -1.95. The Kier molecular flexibility index (Phi) is 4.11. The first-order chi connectivity index (χ1) is 10.6. The molecule has 7 heteroatoms. The van der Waals surface area contributed by atoms with E-state index in [4.69, 9.17) is 35.4 Å². The molecule has 0 spiro atoms. The number of aromatic nitrogens is 2. The maximum absolute atomic E-state index is 12.4. The van der Waals surface area contributed by atoms with Crippen LogP contribution in [-0.4, -0.2) is 15.9 Å². The normalized spacial score (nSPS) is 11.4. The lowest BCUT2D eigenvalue weighted by molar-refractivity contribution is 0.800. The van der Waals surface area contributed by atoms with Gasteiger partial charge in [-0.3, -0.25) is 4.79 Å². The molecule has 1 heterocycles. The van der Waals surface area contributed by atoms with Crippen molar-refractivity contribution in [3.63, 3.8) is 0 Å². The van der Waals surface area contributed by atoms with Gasteiger partial charge in [0.25, 0.3) is 5.56 Å². The fraction of sp³-hybridized carbons (Fsp3) is 0. The smallest absolute Gasteiger partial charge is 0.282 e. The molecule has 0 unspecified atom stereocenters. The van der Waals surface area contributed by atoms with Crippen LogP contribution in [0.3, 0.4) is 0 Å². The van der Waals surface area contributed by atoms with Crippen molar-refractivity contribution in [2.24, 2.45) is 5.10 Å². The monoisotopic (exact) mass is 349 g/mol. The van der Waals surface area contributed by atoms with E-state index in [2.05, 4.69) is 10.1 Å². The van der Waals surface area contributed by atoms with E-state index >= 15 is 0 Å². The Morgan fingerprint density at radius 1 is 1.14 bits per heavy atom. The van der Waals surface area contributed by atoms with Crippen molar-refractivity contribution in [1.82, 2.24) is 9.66 Å². The molecule has 0 saturated carbocycles. The van der Waals surface area contributed by atoms with Crippen LogP contribution in [0.5, 0.6) is 0 Å². The van der Waals surface area contributed by atoms with E-state index in [1.807, 2.05) is 6.07 Å². The highest BCUT2D eigenvalue weighted by Crippen LogP contribution is 2.24. The SMILES string of the molecule is O=c1c2ccccc2[nH]c(=S)n1/N=C\c1cccc(Cl)c1Cl. The highest BCUT2D eigenvalue weighted by molar-refractivity contribution is 7.71. The minimum absolute atomic E-state index is 0.207. The number of aromatic amines is 1. The van der Waals surface area contributed by atoms with Gasteiger partial charge in [-0.2, -0.15) is 9.78 Å². The van der Waals surface area contributed by atoms with Crippen molar-refractivity contribution >= 4 is 52.5 Å². The average Bonchev–Trinajstić information content (AvgIpc) is 2.51. The molecule has 0 aliphatic carbocycles. The Morgan fingerprint density at radius 2 is 1.91 bits per heavy atom. The van der Waals surface area contributed by atoms with Gasteiger partial charge < -0.3 is 4.98 Å². The standard InChI is InChI=1S/C15H9Cl2N3OS/c16-11-6-3-4-9(13(11)17)8-18-20-14(21)10-5-1-2-7-12(10)19-15(20)22/h1-8H,(H,19,22)/b18-8-. The highest BCUT2D eigenvalue weighted by atomic mass is 35.5. The molecule has 2 aromatic carbocycles. The zero-order valence-electron chi connectivity index (χ0n) is 11.1. The van der Waals surface area contributed by atoms with E-state index in [1.54, 1.807) is 36.4 Å². The molecular formula is C15H9Cl2N3OS. The Morgan fingerprint density at radius 3 is 2.73 bits per heavy atom. The van der Waals surface area contributed by atoms with E-state index in [1.165, 1.54) is 6.21 Å². The maximum atomic E-state index is 12.4. The molecule has 0 fully saturated rings. The summed E-state index contributed by atoms with van der Waals surface area (Å²) in [5, 5.41) is 5.42. The van der Waals surface area contributed by atoms with Crippen molar-refractivity contribution in [3.05, 3.63) is 73.2 Å². The van der Waals surface area contributed by atoms with Gasteiger partial charge in [0.15, 0.2) is 0 Å². The summed E-state index contributed by atoms with van der Waals surface area (Å²) >= 11 is 17.2. The summed E-state index contributed by atoms with van der Waals surface area (Å²) in [5.41, 5.74) is 0.974. The van der Waals surface area contributed by atoms with E-state index in [0.717, 1.165) is 4.68 Å². The summed E-state index contributed by atoms with van der Waals surface area (Å²) in [6, 6.07) is 12.3. The first kappa shape index (κ1) is 15.0. The number of nitrogens with one attached hydrogen (secondary N) is 1. The van der Waals surface area contributed by atoms with Crippen molar-refractivity contribution in [1.29, 1.82) is 0 Å². The van der Waals surface area contributed by atoms with Gasteiger partial charge in [-0.25, -0.2) is 0 Å². The Labute approximate surface area is 140 Å². The number of halogens is 2. The van der Waals surface area contributed by atoms with Gasteiger partial charge in [-0.1, -0.05) is 47.5 Å². The molecule has 0 aliphatic rings. The molecule has 0 amide bonds. The first-order valence-corrected chi connectivity index (χ1v) is 7.47. The van der Waals surface area contributed by atoms with Crippen LogP contribution in [0, 0.1) is 4.77 Å². The van der Waals surface area contributed by atoms with Gasteiger partial charge in [-0.15, -0.1) is 0 Å². The number of rotatable bonds is 2. The predicted molar refractivity (Wildman–Crippen MR) is 92.8 cm³/mol. The third kappa shape index (κ3) is 2.70. The summed E-state index contributed by atoms with van der Waals surface area (Å²) in [7, 11) is 0. The van der Waals surface area contributed by atoms with Gasteiger partial charge in [-0.05, 0) is 30.4 Å². The second kappa shape index (κ2) is 6.04. The van der Waals surface area contributed by atoms with E-state index in [0.29, 0.717) is 26.5 Å². The van der Waals surface area contributed by atoms with Crippen LogP contribution >= 0.6 is 35.4 Å². The topological polar surface area (TPSA) is 50.1 Å². The lowest BCUT2D eigenvalue weighted by atomic mass is 10.2. The van der Waals surface area contributed by atoms with Crippen LogP contribution in [0.1, 0.15) is 5.56 Å². The second-order valence-electron chi connectivity index (χ2n) is 4.48. The van der Waals surface area contributed by atoms with Gasteiger partial charge in [0.1, 0.15) is 0 Å². The van der Waals surface area contributed by atoms with Gasteiger partial charge in [0.05, 0.1) is 27.2 Å². The Balaban J connectivity index is 2.15. The zero-order valence-corrected chi connectivity index (χ0v) is 13.4. The fourth-order valence-corrected chi connectivity index (χ4v) is 2.59. The molecule has 110 valence electrons. The fourth-order valence-electron chi connectivity index (χ4n) is 2.00. The zero-order chi connectivity index (χ0) is 15.7. The summed E-state index contributed by atoms with van der Waals surface area (Å²) < 4.78 is 1.33. The van der Waals surface area contributed by atoms with E-state index < -0.39 is 0 Å². The summed E-state index contributed by atoms with van der Waals surface area (Å²) in [5.74, 6) is 0. The van der Waals surface area contributed by atoms with Gasteiger partial charge >= 0.3 is 0 Å². The quantitative estimate of drug-likeness (QED) is 0.555. The molecule has 4 nitrogen and oxygen atoms in total. The van der Waals surface area contributed by atoms with Crippen LogP contribution in [0.2, 0.25) is 10.0 Å². The molecule has 1 aromatic heterocycles. The number of H-pyrrole nitrogens is 1. The lowest BCUT2D eigenvalue weighted by Gasteiger charge is -2.03. The summed E-state index contributed by atoms with van der Waals surface area (Å²) in [6.07, 6.45) is 1.45. The molecule has 0 bridgehead atoms. The number of fused-ring (bicyclic) bond motifs is 1. The minimum atomic E-state index is -0.297. The predicted octanol–water partition coefficient (Wildman–Crippen LogP) is 4.25. The van der Waals surface area contributed by atoms with Crippen LogP contribution < -0.4 is 5.56 Å². The van der Waals surface area contributed by atoms with E-state index in [9.17, 15) is 4.79 Å². The van der Waals surface area contributed by atoms with Crippen molar-refractivity contribution in [2.45, 2.75) is 0 Å². The molecule has 0 aliphatic heterocycles. The van der Waals surface area contributed by atoms with Crippen molar-refractivity contribution < 1.29 is 0 Å². The molecule has 0 saturated heterocycles. The third-order valence-corrected chi connectivity index (χ3v) is 4.19. The molecule has 1 N–H and O–H groups in total. The van der Waals surface area contributed by atoms with E-state index in [-0.39, 0.29) is 10.3 Å². The first-order valence-electron chi connectivity index (χ1n) is 6.30.